The van der Waals surface area contributed by atoms with E-state index in [1.165, 1.54) is 14.0 Å². The van der Waals surface area contributed by atoms with Gasteiger partial charge >= 0.3 is 5.97 Å². The summed E-state index contributed by atoms with van der Waals surface area (Å²) in [7, 11) is 1.30. The number of nitrogens with zero attached hydrogens (tertiary/aromatic N) is 1. The second-order valence-corrected chi connectivity index (χ2v) is 4.28. The van der Waals surface area contributed by atoms with Crippen LogP contribution in [0, 0.1) is 0 Å². The van der Waals surface area contributed by atoms with Gasteiger partial charge in [0.1, 0.15) is 6.04 Å². The van der Waals surface area contributed by atoms with Crippen LogP contribution in [0.25, 0.3) is 5.57 Å². The van der Waals surface area contributed by atoms with Gasteiger partial charge in [0, 0.05) is 25.1 Å². The fourth-order valence-corrected chi connectivity index (χ4v) is 2.04. The molecule has 1 aliphatic heterocycles. The summed E-state index contributed by atoms with van der Waals surface area (Å²) in [5.74, 6) is -0.722. The van der Waals surface area contributed by atoms with E-state index in [0.717, 1.165) is 16.8 Å². The number of benzene rings is 1. The zero-order valence-corrected chi connectivity index (χ0v) is 10.8. The SMILES string of the molecule is COC(=O)[C@H](CC1=C[N]c2ccccc21)NC(C)=O. The van der Waals surface area contributed by atoms with Crippen LogP contribution in [-0.4, -0.2) is 25.0 Å². The zero-order chi connectivity index (χ0) is 13.8. The summed E-state index contributed by atoms with van der Waals surface area (Å²) in [5, 5.41) is 6.86. The number of carbonyl (C=O) groups is 2. The topological polar surface area (TPSA) is 69.5 Å². The minimum absolute atomic E-state index is 0.265. The monoisotopic (exact) mass is 259 g/mol. The quantitative estimate of drug-likeness (QED) is 0.830. The number of hydrogen-bond acceptors (Lipinski definition) is 3. The van der Waals surface area contributed by atoms with Gasteiger partial charge in [-0.15, -0.1) is 0 Å². The molecule has 1 radical (unpaired) electrons. The van der Waals surface area contributed by atoms with Crippen molar-refractivity contribution in [3.63, 3.8) is 0 Å². The number of carbonyl (C=O) groups excluding carboxylic acids is 2. The Balaban J connectivity index is 2.15. The smallest absolute Gasteiger partial charge is 0.328 e. The predicted octanol–water partition coefficient (Wildman–Crippen LogP) is 1.34. The largest absolute Gasteiger partial charge is 0.467 e. The van der Waals surface area contributed by atoms with E-state index in [9.17, 15) is 9.59 Å². The molecule has 0 saturated heterocycles. The maximum atomic E-state index is 11.7. The van der Waals surface area contributed by atoms with Gasteiger partial charge in [0.15, 0.2) is 0 Å². The molecule has 0 aliphatic carbocycles. The summed E-state index contributed by atoms with van der Waals surface area (Å²) in [6.45, 7) is 1.37. The first-order valence-electron chi connectivity index (χ1n) is 5.96. The molecule has 0 bridgehead atoms. The maximum Gasteiger partial charge on any atom is 0.328 e. The van der Waals surface area contributed by atoms with Gasteiger partial charge in [-0.2, -0.15) is 0 Å². The van der Waals surface area contributed by atoms with Crippen molar-refractivity contribution >= 4 is 23.1 Å². The summed E-state index contributed by atoms with van der Waals surface area (Å²) in [5.41, 5.74) is 2.78. The third-order valence-electron chi connectivity index (χ3n) is 2.90. The number of ether oxygens (including phenoxy) is 1. The molecule has 1 atom stereocenters. The standard InChI is InChI=1S/C14H15N2O3/c1-9(17)16-13(14(18)19-2)7-10-8-15-12-6-4-3-5-11(10)12/h3-6,8,13H,7H2,1-2H3,(H,16,17)/t13-/m0/s1. The van der Waals surface area contributed by atoms with Gasteiger partial charge < -0.3 is 10.1 Å². The summed E-state index contributed by atoms with van der Waals surface area (Å²) < 4.78 is 4.70. The zero-order valence-electron chi connectivity index (χ0n) is 10.8. The average molecular weight is 259 g/mol. The van der Waals surface area contributed by atoms with Crippen molar-refractivity contribution < 1.29 is 14.3 Å². The van der Waals surface area contributed by atoms with Crippen LogP contribution in [-0.2, 0) is 14.3 Å². The van der Waals surface area contributed by atoms with E-state index in [1.54, 1.807) is 6.20 Å². The van der Waals surface area contributed by atoms with Gasteiger partial charge in [-0.05, 0) is 11.6 Å². The molecule has 0 fully saturated rings. The van der Waals surface area contributed by atoms with E-state index in [0.29, 0.717) is 6.42 Å². The lowest BCUT2D eigenvalue weighted by Gasteiger charge is -2.16. The minimum Gasteiger partial charge on any atom is -0.467 e. The fourth-order valence-electron chi connectivity index (χ4n) is 2.04. The third kappa shape index (κ3) is 2.93. The number of amides is 1. The van der Waals surface area contributed by atoms with Crippen LogP contribution in [0.15, 0.2) is 30.5 Å². The Morgan fingerprint density at radius 1 is 1.37 bits per heavy atom. The molecule has 0 unspecified atom stereocenters. The molecule has 1 N–H and O–H groups in total. The Morgan fingerprint density at radius 2 is 2.11 bits per heavy atom. The highest BCUT2D eigenvalue weighted by Crippen LogP contribution is 2.32. The Labute approximate surface area is 111 Å². The van der Waals surface area contributed by atoms with Gasteiger partial charge in [0.2, 0.25) is 5.91 Å². The molecule has 0 aromatic heterocycles. The number of nitrogens with one attached hydrogen (secondary N) is 1. The van der Waals surface area contributed by atoms with Crippen LogP contribution >= 0.6 is 0 Å². The van der Waals surface area contributed by atoms with Crippen LogP contribution in [0.3, 0.4) is 0 Å². The lowest BCUT2D eigenvalue weighted by Crippen LogP contribution is -2.40. The van der Waals surface area contributed by atoms with Crippen molar-refractivity contribution in [1.29, 1.82) is 0 Å². The van der Waals surface area contributed by atoms with Crippen molar-refractivity contribution in [2.24, 2.45) is 0 Å². The lowest BCUT2D eigenvalue weighted by molar-refractivity contribution is -0.144. The van der Waals surface area contributed by atoms with Gasteiger partial charge in [0.05, 0.1) is 12.8 Å². The molecule has 19 heavy (non-hydrogen) atoms. The van der Waals surface area contributed by atoms with Crippen molar-refractivity contribution in [3.05, 3.63) is 36.0 Å². The molecule has 1 aliphatic rings. The molecule has 1 amide bonds. The van der Waals surface area contributed by atoms with Crippen LogP contribution in [0.4, 0.5) is 5.69 Å². The normalized spacial score (nSPS) is 13.9. The first-order valence-corrected chi connectivity index (χ1v) is 5.96. The van der Waals surface area contributed by atoms with Crippen molar-refractivity contribution in [3.8, 4) is 0 Å². The number of hydrogen-bond donors (Lipinski definition) is 1. The van der Waals surface area contributed by atoms with Gasteiger partial charge in [0.25, 0.3) is 0 Å². The second kappa shape index (κ2) is 5.56. The average Bonchev–Trinajstić information content (AvgIpc) is 2.80. The molecular formula is C14H15N2O3. The minimum atomic E-state index is -0.685. The Morgan fingerprint density at radius 3 is 2.79 bits per heavy atom. The Kier molecular flexibility index (Phi) is 3.85. The summed E-state index contributed by atoms with van der Waals surface area (Å²) in [4.78, 5) is 22.8. The lowest BCUT2D eigenvalue weighted by atomic mass is 10.00. The van der Waals surface area contributed by atoms with E-state index in [2.05, 4.69) is 10.6 Å². The molecule has 1 heterocycles. The summed E-state index contributed by atoms with van der Waals surface area (Å²) in [6, 6.07) is 6.99. The molecule has 0 spiro atoms. The van der Waals surface area contributed by atoms with Gasteiger partial charge in [-0.3, -0.25) is 10.1 Å². The predicted molar refractivity (Wildman–Crippen MR) is 70.5 cm³/mol. The molecule has 1 aromatic carbocycles. The third-order valence-corrected chi connectivity index (χ3v) is 2.90. The van der Waals surface area contributed by atoms with E-state index in [4.69, 9.17) is 4.74 Å². The van der Waals surface area contributed by atoms with Crippen LogP contribution < -0.4 is 10.6 Å². The highest BCUT2D eigenvalue weighted by Gasteiger charge is 2.25. The van der Waals surface area contributed by atoms with E-state index in [1.807, 2.05) is 24.3 Å². The number of para-hydroxylation sites is 1. The van der Waals surface area contributed by atoms with Crippen LogP contribution in [0.1, 0.15) is 18.9 Å². The van der Waals surface area contributed by atoms with Crippen molar-refractivity contribution in [2.45, 2.75) is 19.4 Å². The van der Waals surface area contributed by atoms with Gasteiger partial charge in [-0.25, -0.2) is 4.79 Å². The van der Waals surface area contributed by atoms with E-state index >= 15 is 0 Å². The second-order valence-electron chi connectivity index (χ2n) is 4.28. The highest BCUT2D eigenvalue weighted by molar-refractivity contribution is 5.87. The molecule has 99 valence electrons. The Bertz CT molecular complexity index is 537. The molecular weight excluding hydrogens is 244 g/mol. The molecule has 5 heteroatoms. The fraction of sp³-hybridized carbons (Fsp3) is 0.286. The summed E-state index contributed by atoms with van der Waals surface area (Å²) in [6.07, 6.45) is 2.09. The van der Waals surface area contributed by atoms with Crippen LogP contribution in [0.5, 0.6) is 0 Å². The molecule has 0 saturated carbocycles. The molecule has 1 aromatic rings. The summed E-state index contributed by atoms with van der Waals surface area (Å²) >= 11 is 0. The van der Waals surface area contributed by atoms with Crippen molar-refractivity contribution in [2.75, 3.05) is 7.11 Å². The number of methoxy groups -OCH3 is 1. The van der Waals surface area contributed by atoms with E-state index in [-0.39, 0.29) is 5.91 Å². The maximum absolute atomic E-state index is 11.7. The van der Waals surface area contributed by atoms with Crippen LogP contribution in [0.2, 0.25) is 0 Å². The Hall–Kier alpha value is -2.30. The van der Waals surface area contributed by atoms with Crippen molar-refractivity contribution in [1.82, 2.24) is 10.6 Å². The number of rotatable bonds is 4. The number of esters is 1. The first-order chi connectivity index (χ1) is 9.11. The number of fused-ring (bicyclic) bond motifs is 1. The molecule has 2 rings (SSSR count). The highest BCUT2D eigenvalue weighted by atomic mass is 16.5. The van der Waals surface area contributed by atoms with Gasteiger partial charge in [-0.1, -0.05) is 18.2 Å². The molecule has 5 nitrogen and oxygen atoms in total. The first kappa shape index (κ1) is 13.1. The van der Waals surface area contributed by atoms with E-state index < -0.39 is 12.0 Å².